The average Bonchev–Trinajstić information content (AvgIpc) is 2.56. The van der Waals surface area contributed by atoms with Gasteiger partial charge in [0.15, 0.2) is 0 Å². The van der Waals surface area contributed by atoms with Crippen molar-refractivity contribution in [2.45, 2.75) is 0 Å². The first-order valence-corrected chi connectivity index (χ1v) is 7.27. The standard InChI is InChI=1S/C15H21N3O2/c19-15(18-7-5-16-6-8-18)13-1-3-14(4-2-13)17-9-11-20-12-10-17/h1-4,16H,5-12H2. The fraction of sp³-hybridized carbons (Fsp3) is 0.533. The van der Waals surface area contributed by atoms with E-state index >= 15 is 0 Å². The van der Waals surface area contributed by atoms with Crippen molar-refractivity contribution in [3.8, 4) is 0 Å². The molecule has 0 unspecified atom stereocenters. The molecule has 108 valence electrons. The number of anilines is 1. The predicted octanol–water partition coefficient (Wildman–Crippen LogP) is 0.569. The van der Waals surface area contributed by atoms with E-state index in [1.165, 1.54) is 5.69 Å². The molecule has 0 aliphatic carbocycles. The maximum absolute atomic E-state index is 12.4. The topological polar surface area (TPSA) is 44.8 Å². The van der Waals surface area contributed by atoms with Crippen molar-refractivity contribution in [2.75, 3.05) is 57.4 Å². The van der Waals surface area contributed by atoms with Gasteiger partial charge in [-0.1, -0.05) is 0 Å². The number of carbonyl (C=O) groups excluding carboxylic acids is 1. The zero-order chi connectivity index (χ0) is 13.8. The molecule has 0 aromatic heterocycles. The van der Waals surface area contributed by atoms with Crippen LogP contribution < -0.4 is 10.2 Å². The molecule has 1 aromatic rings. The van der Waals surface area contributed by atoms with Crippen molar-refractivity contribution in [2.24, 2.45) is 0 Å². The molecule has 1 N–H and O–H groups in total. The van der Waals surface area contributed by atoms with Gasteiger partial charge in [0.2, 0.25) is 0 Å². The van der Waals surface area contributed by atoms with Crippen molar-refractivity contribution in [3.63, 3.8) is 0 Å². The highest BCUT2D eigenvalue weighted by Gasteiger charge is 2.18. The Morgan fingerprint density at radius 2 is 1.65 bits per heavy atom. The van der Waals surface area contributed by atoms with Crippen LogP contribution in [0.3, 0.4) is 0 Å². The van der Waals surface area contributed by atoms with E-state index in [1.54, 1.807) is 0 Å². The summed E-state index contributed by atoms with van der Waals surface area (Å²) in [6, 6.07) is 7.96. The minimum atomic E-state index is 0.139. The summed E-state index contributed by atoms with van der Waals surface area (Å²) in [5.41, 5.74) is 1.95. The van der Waals surface area contributed by atoms with Gasteiger partial charge in [0.05, 0.1) is 13.2 Å². The number of rotatable bonds is 2. The molecule has 2 fully saturated rings. The predicted molar refractivity (Wildman–Crippen MR) is 78.2 cm³/mol. The van der Waals surface area contributed by atoms with Crippen LogP contribution in [0.25, 0.3) is 0 Å². The number of carbonyl (C=O) groups is 1. The zero-order valence-electron chi connectivity index (χ0n) is 11.7. The van der Waals surface area contributed by atoms with Crippen LogP contribution in [0.2, 0.25) is 0 Å². The lowest BCUT2D eigenvalue weighted by atomic mass is 10.1. The van der Waals surface area contributed by atoms with Crippen molar-refractivity contribution in [3.05, 3.63) is 29.8 Å². The highest BCUT2D eigenvalue weighted by Crippen LogP contribution is 2.17. The van der Waals surface area contributed by atoms with E-state index in [0.29, 0.717) is 0 Å². The lowest BCUT2D eigenvalue weighted by molar-refractivity contribution is 0.0736. The van der Waals surface area contributed by atoms with Gasteiger partial charge in [0.1, 0.15) is 0 Å². The molecule has 20 heavy (non-hydrogen) atoms. The second-order valence-electron chi connectivity index (χ2n) is 5.19. The lowest BCUT2D eigenvalue weighted by Gasteiger charge is -2.29. The zero-order valence-corrected chi connectivity index (χ0v) is 11.7. The van der Waals surface area contributed by atoms with Crippen LogP contribution in [0.4, 0.5) is 5.69 Å². The number of ether oxygens (including phenoxy) is 1. The molecule has 0 spiro atoms. The molecule has 1 aromatic carbocycles. The third-order valence-corrected chi connectivity index (χ3v) is 3.89. The third kappa shape index (κ3) is 2.94. The molecule has 5 nitrogen and oxygen atoms in total. The minimum Gasteiger partial charge on any atom is -0.378 e. The average molecular weight is 275 g/mol. The molecule has 2 heterocycles. The van der Waals surface area contributed by atoms with Crippen molar-refractivity contribution >= 4 is 11.6 Å². The second-order valence-corrected chi connectivity index (χ2v) is 5.19. The van der Waals surface area contributed by atoms with Crippen LogP contribution in [0.5, 0.6) is 0 Å². The molecular formula is C15H21N3O2. The van der Waals surface area contributed by atoms with Crippen molar-refractivity contribution < 1.29 is 9.53 Å². The van der Waals surface area contributed by atoms with Gasteiger partial charge in [0.25, 0.3) is 5.91 Å². The molecule has 1 amide bonds. The number of amides is 1. The Morgan fingerprint density at radius 1 is 1.00 bits per heavy atom. The molecule has 3 rings (SSSR count). The number of hydrogen-bond donors (Lipinski definition) is 1. The maximum atomic E-state index is 12.4. The number of morpholine rings is 1. The summed E-state index contributed by atoms with van der Waals surface area (Å²) in [5.74, 6) is 0.139. The number of benzene rings is 1. The van der Waals surface area contributed by atoms with E-state index in [-0.39, 0.29) is 5.91 Å². The van der Waals surface area contributed by atoms with Gasteiger partial charge >= 0.3 is 0 Å². The SMILES string of the molecule is O=C(c1ccc(N2CCOCC2)cc1)N1CCNCC1. The summed E-state index contributed by atoms with van der Waals surface area (Å²) < 4.78 is 5.35. The summed E-state index contributed by atoms with van der Waals surface area (Å²) in [4.78, 5) is 16.6. The number of nitrogens with one attached hydrogen (secondary N) is 1. The normalized spacial score (nSPS) is 20.0. The van der Waals surface area contributed by atoms with Crippen LogP contribution in [0, 0.1) is 0 Å². The summed E-state index contributed by atoms with van der Waals surface area (Å²) in [5, 5.41) is 3.26. The van der Waals surface area contributed by atoms with Crippen molar-refractivity contribution in [1.82, 2.24) is 10.2 Å². The Labute approximate surface area is 119 Å². The summed E-state index contributed by atoms with van der Waals surface area (Å²) in [6.45, 7) is 6.77. The van der Waals surface area contributed by atoms with E-state index in [0.717, 1.165) is 58.0 Å². The summed E-state index contributed by atoms with van der Waals surface area (Å²) in [6.07, 6.45) is 0. The monoisotopic (exact) mass is 275 g/mol. The van der Waals surface area contributed by atoms with E-state index in [4.69, 9.17) is 4.74 Å². The highest BCUT2D eigenvalue weighted by atomic mass is 16.5. The second kappa shape index (κ2) is 6.24. The molecular weight excluding hydrogens is 254 g/mol. The lowest BCUT2D eigenvalue weighted by Crippen LogP contribution is -2.46. The Hall–Kier alpha value is -1.59. The van der Waals surface area contributed by atoms with Gasteiger partial charge in [-0.3, -0.25) is 4.79 Å². The molecule has 2 saturated heterocycles. The van der Waals surface area contributed by atoms with E-state index in [2.05, 4.69) is 10.2 Å². The van der Waals surface area contributed by atoms with Gasteiger partial charge in [-0.05, 0) is 24.3 Å². The van der Waals surface area contributed by atoms with Crippen LogP contribution in [0.15, 0.2) is 24.3 Å². The fourth-order valence-electron chi connectivity index (χ4n) is 2.69. The van der Waals surface area contributed by atoms with Gasteiger partial charge < -0.3 is 19.9 Å². The largest absolute Gasteiger partial charge is 0.378 e. The number of piperazine rings is 1. The Morgan fingerprint density at radius 3 is 2.30 bits per heavy atom. The summed E-state index contributed by atoms with van der Waals surface area (Å²) >= 11 is 0. The number of nitrogens with zero attached hydrogens (tertiary/aromatic N) is 2. The maximum Gasteiger partial charge on any atom is 0.253 e. The quantitative estimate of drug-likeness (QED) is 0.857. The van der Waals surface area contributed by atoms with E-state index in [9.17, 15) is 4.79 Å². The molecule has 0 atom stereocenters. The minimum absolute atomic E-state index is 0.139. The van der Waals surface area contributed by atoms with Gasteiger partial charge in [-0.25, -0.2) is 0 Å². The Kier molecular flexibility index (Phi) is 4.18. The Balaban J connectivity index is 1.67. The van der Waals surface area contributed by atoms with E-state index < -0.39 is 0 Å². The van der Waals surface area contributed by atoms with Gasteiger partial charge in [-0.15, -0.1) is 0 Å². The van der Waals surface area contributed by atoms with Crippen LogP contribution in [-0.2, 0) is 4.74 Å². The van der Waals surface area contributed by atoms with Gasteiger partial charge in [-0.2, -0.15) is 0 Å². The van der Waals surface area contributed by atoms with Crippen LogP contribution in [0.1, 0.15) is 10.4 Å². The van der Waals surface area contributed by atoms with Gasteiger partial charge in [0, 0.05) is 50.5 Å². The first kappa shape index (κ1) is 13.4. The highest BCUT2D eigenvalue weighted by molar-refractivity contribution is 5.94. The van der Waals surface area contributed by atoms with Crippen LogP contribution >= 0.6 is 0 Å². The fourth-order valence-corrected chi connectivity index (χ4v) is 2.69. The molecule has 2 aliphatic heterocycles. The third-order valence-electron chi connectivity index (χ3n) is 3.89. The molecule has 0 saturated carbocycles. The van der Waals surface area contributed by atoms with Crippen LogP contribution in [-0.4, -0.2) is 63.3 Å². The summed E-state index contributed by atoms with van der Waals surface area (Å²) in [7, 11) is 0. The molecule has 0 radical (unpaired) electrons. The number of hydrogen-bond acceptors (Lipinski definition) is 4. The molecule has 5 heteroatoms. The Bertz CT molecular complexity index is 449. The van der Waals surface area contributed by atoms with Crippen molar-refractivity contribution in [1.29, 1.82) is 0 Å². The molecule has 2 aliphatic rings. The smallest absolute Gasteiger partial charge is 0.253 e. The first-order valence-electron chi connectivity index (χ1n) is 7.27. The van der Waals surface area contributed by atoms with E-state index in [1.807, 2.05) is 29.2 Å². The first-order chi connectivity index (χ1) is 9.84. The molecule has 0 bridgehead atoms.